The van der Waals surface area contributed by atoms with Gasteiger partial charge in [0.15, 0.2) is 6.29 Å². The second-order valence-corrected chi connectivity index (χ2v) is 14.1. The Hall–Kier alpha value is -1.18. The molecule has 1 aromatic rings. The molecule has 3 heterocycles. The van der Waals surface area contributed by atoms with Crippen LogP contribution in [0, 0.1) is 12.3 Å². The number of hydrogen-bond acceptors (Lipinski definition) is 16. The van der Waals surface area contributed by atoms with Crippen molar-refractivity contribution in [2.75, 3.05) is 18.9 Å². The van der Waals surface area contributed by atoms with Gasteiger partial charge in [-0.25, -0.2) is 13.3 Å². The van der Waals surface area contributed by atoms with Crippen molar-refractivity contribution in [1.82, 2.24) is 0 Å². The molecular formula is C19H27FN2O15P2S2. The summed E-state index contributed by atoms with van der Waals surface area (Å²) in [6, 6.07) is 0. The minimum atomic E-state index is -5.53. The number of ether oxygens (including phenoxy) is 2. The third kappa shape index (κ3) is 7.15. The quantitative estimate of drug-likeness (QED) is 0.0835. The van der Waals surface area contributed by atoms with Gasteiger partial charge in [0, 0.05) is 5.56 Å². The van der Waals surface area contributed by atoms with Crippen LogP contribution in [0.4, 0.5) is 10.1 Å². The first-order chi connectivity index (χ1) is 18.9. The number of carbonyl (C=O) groups excluding carboxylic acids is 1. The van der Waals surface area contributed by atoms with Crippen LogP contribution in [-0.4, -0.2) is 114 Å². The van der Waals surface area contributed by atoms with Crippen LogP contribution in [-0.2, 0) is 39.2 Å². The number of carbonyl (C=O) groups is 1. The molecule has 17 nitrogen and oxygen atoms in total. The number of phosphoric acid groups is 1. The predicted octanol–water partition coefficient (Wildman–Crippen LogP) is -2.90. The number of hydrogen-bond donors (Lipinski definition) is 10. The van der Waals surface area contributed by atoms with Crippen molar-refractivity contribution in [1.29, 1.82) is 0 Å². The predicted molar refractivity (Wildman–Crippen MR) is 138 cm³/mol. The van der Waals surface area contributed by atoms with Crippen molar-refractivity contribution in [3.05, 3.63) is 15.8 Å². The molecule has 2 fully saturated rings. The largest absolute Gasteiger partial charge is 0.481 e. The summed E-state index contributed by atoms with van der Waals surface area (Å²) < 4.78 is 52.5. The van der Waals surface area contributed by atoms with E-state index >= 15 is 4.39 Å². The number of phosphoric ester groups is 1. The Balaban J connectivity index is 1.69. The lowest BCUT2D eigenvalue weighted by atomic mass is 9.90. The molecule has 0 aromatic carbocycles. The maximum Gasteiger partial charge on any atom is 0.481 e. The zero-order valence-electron chi connectivity index (χ0n) is 20.4. The number of anilines is 1. The maximum absolute atomic E-state index is 15.6. The van der Waals surface area contributed by atoms with Crippen molar-refractivity contribution in [2.45, 2.75) is 60.8 Å². The molecule has 0 saturated carbocycles. The highest BCUT2D eigenvalue weighted by atomic mass is 32.5. The Bertz CT molecular complexity index is 1270. The zero-order chi connectivity index (χ0) is 31.1. The number of nitrogens with two attached hydrogens (primary N) is 2. The van der Waals surface area contributed by atoms with E-state index in [9.17, 15) is 44.7 Å². The summed E-state index contributed by atoms with van der Waals surface area (Å²) in [6.45, 7) is -6.74. The molecule has 0 radical (unpaired) electrons. The summed E-state index contributed by atoms with van der Waals surface area (Å²) in [6.07, 6.45) is -12.3. The molecular weight excluding hydrogens is 641 g/mol. The van der Waals surface area contributed by atoms with E-state index in [1.54, 1.807) is 5.92 Å². The number of terminal acetylenes is 1. The van der Waals surface area contributed by atoms with E-state index in [1.807, 2.05) is 0 Å². The lowest BCUT2D eigenvalue weighted by Crippen LogP contribution is -2.61. The summed E-state index contributed by atoms with van der Waals surface area (Å²) in [5.74, 6) is 0.844. The molecule has 22 heteroatoms. The molecule has 0 aliphatic carbocycles. The normalized spacial score (nSPS) is 37.6. The number of aliphatic hydroxyl groups excluding tert-OH is 6. The Kier molecular flexibility index (Phi) is 10.7. The average molecular weight is 669 g/mol. The van der Waals surface area contributed by atoms with Crippen molar-refractivity contribution >= 4 is 49.3 Å². The minimum Gasteiger partial charge on any atom is -0.397 e. The molecule has 232 valence electrons. The highest BCUT2D eigenvalue weighted by Crippen LogP contribution is 2.62. The van der Waals surface area contributed by atoms with Gasteiger partial charge in [0.2, 0.25) is 5.67 Å². The Morgan fingerprint density at radius 2 is 1.90 bits per heavy atom. The maximum atomic E-state index is 15.6. The summed E-state index contributed by atoms with van der Waals surface area (Å²) in [4.78, 5) is 31.7. The minimum absolute atomic E-state index is 0.110. The standard InChI is InChI=1S/C19H27FN2O15P2S2/c1-2-19(20)15(28)8(34-16(19)6-5-41-14(9(6)21)17(22)29)4-33-39(32,40)37-38(30,31)36-18-12(27)10(25)11(26)13(35-18)7(24)3-23/h1,5,7-8,10-13,15-16,18,23-28H,3-4,21H2,(H2,22,29)(H,30,31)(H,32,40)/t7-,8+,10?,11?,12?,13?,15+,16-,18?,19+,39?/m0/s1. The van der Waals surface area contributed by atoms with Crippen molar-refractivity contribution < 1.29 is 77.0 Å². The topological polar surface area (TPSA) is 294 Å². The number of alkyl halides is 1. The molecule has 12 atom stereocenters. The molecule has 1 aromatic heterocycles. The first-order valence-electron chi connectivity index (χ1n) is 11.2. The lowest BCUT2D eigenvalue weighted by Gasteiger charge is -2.41. The smallest absolute Gasteiger partial charge is 0.397 e. The summed E-state index contributed by atoms with van der Waals surface area (Å²) >= 11 is 5.42. The molecule has 0 bridgehead atoms. The molecule has 7 unspecified atom stereocenters. The zero-order valence-corrected chi connectivity index (χ0v) is 23.9. The summed E-state index contributed by atoms with van der Waals surface area (Å²) in [5.41, 5.74) is 7.78. The number of primary amides is 1. The molecule has 1 amide bonds. The third-order valence-corrected chi connectivity index (χ3v) is 10.6. The van der Waals surface area contributed by atoms with Crippen LogP contribution in [0.25, 0.3) is 0 Å². The van der Waals surface area contributed by atoms with Gasteiger partial charge in [0.1, 0.15) is 53.7 Å². The fourth-order valence-corrected chi connectivity index (χ4v) is 7.95. The van der Waals surface area contributed by atoms with Gasteiger partial charge < -0.3 is 65.9 Å². The molecule has 12 N–H and O–H groups in total. The summed E-state index contributed by atoms with van der Waals surface area (Å²) in [5, 5.41) is 60.4. The highest BCUT2D eigenvalue weighted by molar-refractivity contribution is 8.08. The fourth-order valence-electron chi connectivity index (χ4n) is 3.99. The van der Waals surface area contributed by atoms with Crippen LogP contribution in [0.1, 0.15) is 21.3 Å². The molecule has 2 saturated heterocycles. The third-order valence-electron chi connectivity index (χ3n) is 6.08. The highest BCUT2D eigenvalue weighted by Gasteiger charge is 2.58. The molecule has 2 aliphatic rings. The number of halogens is 1. The van der Waals surface area contributed by atoms with Gasteiger partial charge in [-0.05, 0) is 17.2 Å². The number of aliphatic hydroxyl groups is 6. The SMILES string of the molecule is C#C[C@@]1(F)[C@H](O)[C@@H](COP(O)(=S)OP(=O)(O)OC2OC([C@@H](O)CO)C(O)C(O)C2O)O[C@H]1c1csc(C(N)=O)c1N. The van der Waals surface area contributed by atoms with Gasteiger partial charge in [-0.1, -0.05) is 5.92 Å². The van der Waals surface area contributed by atoms with Crippen molar-refractivity contribution in [2.24, 2.45) is 5.73 Å². The van der Waals surface area contributed by atoms with E-state index in [0.29, 0.717) is 0 Å². The summed E-state index contributed by atoms with van der Waals surface area (Å²) in [7, 11) is -5.53. The van der Waals surface area contributed by atoms with Crippen LogP contribution in [0.3, 0.4) is 0 Å². The van der Waals surface area contributed by atoms with Gasteiger partial charge in [0.05, 0.1) is 18.9 Å². The monoisotopic (exact) mass is 668 g/mol. The molecule has 2 aliphatic heterocycles. The first-order valence-corrected chi connectivity index (χ1v) is 16.2. The van der Waals surface area contributed by atoms with Gasteiger partial charge >= 0.3 is 14.5 Å². The second kappa shape index (κ2) is 12.8. The second-order valence-electron chi connectivity index (χ2n) is 8.82. The van der Waals surface area contributed by atoms with E-state index in [0.717, 1.165) is 11.3 Å². The lowest BCUT2D eigenvalue weighted by molar-refractivity contribution is -0.292. The fraction of sp³-hybridized carbons (Fsp3) is 0.632. The van der Waals surface area contributed by atoms with E-state index < -0.39 is 94.5 Å². The van der Waals surface area contributed by atoms with Crippen molar-refractivity contribution in [3.8, 4) is 12.3 Å². The van der Waals surface area contributed by atoms with Crippen LogP contribution in [0.5, 0.6) is 0 Å². The van der Waals surface area contributed by atoms with E-state index in [-0.39, 0.29) is 16.1 Å². The number of thiophene rings is 1. The van der Waals surface area contributed by atoms with Gasteiger partial charge in [-0.15, -0.1) is 17.8 Å². The van der Waals surface area contributed by atoms with Gasteiger partial charge in [-0.2, -0.15) is 0 Å². The molecule has 0 spiro atoms. The van der Waals surface area contributed by atoms with E-state index in [1.165, 1.54) is 5.38 Å². The van der Waals surface area contributed by atoms with Crippen molar-refractivity contribution in [3.63, 3.8) is 0 Å². The Morgan fingerprint density at radius 3 is 2.44 bits per heavy atom. The van der Waals surface area contributed by atoms with Crippen LogP contribution in [0.2, 0.25) is 0 Å². The number of nitrogen functional groups attached to an aromatic ring is 1. The van der Waals surface area contributed by atoms with Gasteiger partial charge in [0.25, 0.3) is 5.91 Å². The molecule has 3 rings (SSSR count). The molecule has 41 heavy (non-hydrogen) atoms. The van der Waals surface area contributed by atoms with Crippen LogP contribution >= 0.6 is 25.9 Å². The van der Waals surface area contributed by atoms with E-state index in [2.05, 4.69) is 20.6 Å². The van der Waals surface area contributed by atoms with Crippen LogP contribution in [0.15, 0.2) is 5.38 Å². The Morgan fingerprint density at radius 1 is 1.27 bits per heavy atom. The first kappa shape index (κ1) is 34.3. The van der Waals surface area contributed by atoms with E-state index in [4.69, 9.17) is 37.0 Å². The number of rotatable bonds is 11. The average Bonchev–Trinajstić information content (AvgIpc) is 3.38. The van der Waals surface area contributed by atoms with Crippen LogP contribution < -0.4 is 11.5 Å². The van der Waals surface area contributed by atoms with Gasteiger partial charge in [-0.3, -0.25) is 9.32 Å². The Labute approximate surface area is 239 Å². The number of amides is 1.